The summed E-state index contributed by atoms with van der Waals surface area (Å²) in [6.07, 6.45) is -0.669. The number of alkyl halides is 2. The van der Waals surface area contributed by atoms with Crippen molar-refractivity contribution in [2.24, 2.45) is 0 Å². The topological polar surface area (TPSA) is 37.3 Å². The van der Waals surface area contributed by atoms with Crippen LogP contribution in [-0.2, 0) is 11.3 Å². The van der Waals surface area contributed by atoms with E-state index in [1.807, 2.05) is 0 Å². The molecular weight excluding hydrogens is 195 g/mol. The highest BCUT2D eigenvalue weighted by molar-refractivity contribution is 7.65. The van der Waals surface area contributed by atoms with Crippen LogP contribution < -0.4 is 0 Å². The van der Waals surface area contributed by atoms with Crippen LogP contribution in [0.5, 0.6) is 0 Å². The molecule has 1 unspecified atom stereocenters. The van der Waals surface area contributed by atoms with E-state index in [1.54, 1.807) is 6.92 Å². The molecule has 0 rings (SSSR count). The summed E-state index contributed by atoms with van der Waals surface area (Å²) in [5, 5.41) is 10.1. The summed E-state index contributed by atoms with van der Waals surface area (Å²) in [6, 6.07) is 0. The van der Waals surface area contributed by atoms with Gasteiger partial charge in [0.25, 0.3) is 0 Å². The first-order chi connectivity index (χ1) is 4.54. The summed E-state index contributed by atoms with van der Waals surface area (Å²) in [5.74, 6) is 0. The number of aliphatic hydroxyl groups is 1. The van der Waals surface area contributed by atoms with Crippen molar-refractivity contribution >= 4 is 39.8 Å². The Morgan fingerprint density at radius 2 is 2.30 bits per heavy atom. The van der Waals surface area contributed by atoms with E-state index >= 15 is 0 Å². The normalized spacial score (nSPS) is 14.4. The quantitative estimate of drug-likeness (QED) is 0.547. The predicted octanol–water partition coefficient (Wildman–Crippen LogP) is 0.946. The number of rotatable bonds is 3. The molecule has 0 aromatic heterocycles. The summed E-state index contributed by atoms with van der Waals surface area (Å²) < 4.78 is 8.66. The monoisotopic (exact) mass is 202 g/mol. The molecule has 0 fully saturated rings. The molecule has 5 heteroatoms. The van der Waals surface area contributed by atoms with Crippen LogP contribution in [0.25, 0.3) is 0 Å². The fourth-order valence-electron chi connectivity index (χ4n) is 0.361. The first kappa shape index (κ1) is 10.4. The maximum atomic E-state index is 9.89. The van der Waals surface area contributed by atoms with Gasteiger partial charge in [-0.3, -0.25) is 0 Å². The molecule has 0 aromatic rings. The zero-order chi connectivity index (χ0) is 8.20. The molecule has 0 saturated heterocycles. The van der Waals surface area contributed by atoms with Crippen LogP contribution in [0.3, 0.4) is 0 Å². The molecule has 0 bridgehead atoms. The van der Waals surface area contributed by atoms with Gasteiger partial charge in [-0.15, -0.1) is 0 Å². The van der Waals surface area contributed by atoms with Crippen molar-refractivity contribution < 1.29 is 9.32 Å². The molecule has 1 atom stereocenters. The van der Waals surface area contributed by atoms with Crippen molar-refractivity contribution in [3.63, 3.8) is 0 Å². The first-order valence-electron chi connectivity index (χ1n) is 2.72. The Kier molecular flexibility index (Phi) is 4.52. The second-order valence-electron chi connectivity index (χ2n) is 1.79. The number of halogens is 2. The third kappa shape index (κ3) is 3.01. The van der Waals surface area contributed by atoms with Gasteiger partial charge in [0, 0.05) is 5.37 Å². The van der Waals surface area contributed by atoms with Gasteiger partial charge < -0.3 is 5.11 Å². The molecule has 0 saturated carbocycles. The van der Waals surface area contributed by atoms with E-state index < -0.39 is 10.4 Å². The molecule has 0 aliphatic heterocycles. The average molecular weight is 203 g/mol. The summed E-state index contributed by atoms with van der Waals surface area (Å²) in [4.78, 5) is 0. The van der Waals surface area contributed by atoms with Gasteiger partial charge in [-0.05, 0) is 6.42 Å². The molecule has 0 heterocycles. The lowest BCUT2D eigenvalue weighted by atomic mass is 10.2. The summed E-state index contributed by atoms with van der Waals surface area (Å²) in [6.45, 7) is 1.73. The maximum absolute atomic E-state index is 9.89. The van der Waals surface area contributed by atoms with Crippen molar-refractivity contribution in [2.45, 2.75) is 23.8 Å². The van der Waals surface area contributed by atoms with Crippen LogP contribution in [0, 0.1) is 0 Å². The largest absolute Gasteiger partial charge is 0.385 e. The molecule has 0 aliphatic rings. The highest BCUT2D eigenvalue weighted by atomic mass is 35.5. The second-order valence-corrected chi connectivity index (χ2v) is 3.80. The van der Waals surface area contributed by atoms with E-state index in [2.05, 4.69) is 0 Å². The van der Waals surface area contributed by atoms with Crippen LogP contribution in [0.1, 0.15) is 13.3 Å². The van der Waals surface area contributed by atoms with Gasteiger partial charge in [0.1, 0.15) is 10.4 Å². The lowest BCUT2D eigenvalue weighted by Gasteiger charge is -2.19. The Labute approximate surface area is 73.2 Å². The zero-order valence-electron chi connectivity index (χ0n) is 5.38. The lowest BCUT2D eigenvalue weighted by molar-refractivity contribution is 0.226. The molecule has 0 aromatic carbocycles. The summed E-state index contributed by atoms with van der Waals surface area (Å²) in [5.41, 5.74) is 0. The number of hydrogen-bond acceptors (Lipinski definition) is 2. The van der Waals surface area contributed by atoms with Gasteiger partial charge in [0.15, 0.2) is 0 Å². The lowest BCUT2D eigenvalue weighted by Crippen LogP contribution is -2.31. The van der Waals surface area contributed by atoms with Crippen molar-refractivity contribution in [3.8, 4) is 0 Å². The van der Waals surface area contributed by atoms with E-state index in [-0.39, 0.29) is 11.3 Å². The van der Waals surface area contributed by atoms with Gasteiger partial charge in [0.2, 0.25) is 0 Å². The van der Waals surface area contributed by atoms with E-state index in [9.17, 15) is 4.21 Å². The number of hydrogen-bond donors (Lipinski definition) is 1. The Hall–Kier alpha value is 0.430. The minimum absolute atomic E-state index is 0.158. The average Bonchev–Trinajstić information content (AvgIpc) is 1.89. The third-order valence-corrected chi connectivity index (χ3v) is 2.44. The van der Waals surface area contributed by atoms with Crippen LogP contribution in [0.2, 0.25) is 0 Å². The van der Waals surface area contributed by atoms with Crippen LogP contribution in [0.15, 0.2) is 0 Å². The highest BCUT2D eigenvalue weighted by Gasteiger charge is 2.29. The summed E-state index contributed by atoms with van der Waals surface area (Å²) >= 11 is 11.3. The van der Waals surface area contributed by atoms with Gasteiger partial charge >= 0.3 is 0 Å². The third-order valence-electron chi connectivity index (χ3n) is 1.09. The highest BCUT2D eigenvalue weighted by Crippen LogP contribution is 2.27. The smallest absolute Gasteiger partial charge is 0.148 e. The molecule has 1 N–H and O–H groups in total. The van der Waals surface area contributed by atoms with Crippen molar-refractivity contribution in [1.29, 1.82) is 0 Å². The van der Waals surface area contributed by atoms with Gasteiger partial charge in [-0.1, -0.05) is 30.1 Å². The fourth-order valence-corrected chi connectivity index (χ4v) is 0.974. The van der Waals surface area contributed by atoms with E-state index in [0.29, 0.717) is 6.42 Å². The van der Waals surface area contributed by atoms with Crippen molar-refractivity contribution in [1.82, 2.24) is 0 Å². The van der Waals surface area contributed by atoms with Gasteiger partial charge in [-0.25, -0.2) is 4.21 Å². The SMILES string of the molecule is CCC(Cl)(Cl)C(O)C=S=O. The Morgan fingerprint density at radius 1 is 1.80 bits per heavy atom. The molecular formula is C5H8Cl2O2S. The predicted molar refractivity (Wildman–Crippen MR) is 44.9 cm³/mol. The number of aliphatic hydroxyl groups excluding tert-OH is 1. The van der Waals surface area contributed by atoms with Crippen molar-refractivity contribution in [3.05, 3.63) is 0 Å². The van der Waals surface area contributed by atoms with Gasteiger partial charge in [0.05, 0.1) is 11.3 Å². The Bertz CT molecular complexity index is 154. The van der Waals surface area contributed by atoms with Gasteiger partial charge in [-0.2, -0.15) is 0 Å². The Balaban J connectivity index is 4.16. The molecule has 0 aliphatic carbocycles. The second kappa shape index (κ2) is 4.34. The molecule has 0 amide bonds. The van der Waals surface area contributed by atoms with Crippen LogP contribution >= 0.6 is 23.2 Å². The molecule has 2 nitrogen and oxygen atoms in total. The zero-order valence-corrected chi connectivity index (χ0v) is 7.71. The standard InChI is InChI=1S/C5H8Cl2O2S/c1-2-5(6,7)4(8)3-10-9/h3-4,8H,2H2,1H3. The van der Waals surface area contributed by atoms with Crippen LogP contribution in [0.4, 0.5) is 0 Å². The summed E-state index contributed by atoms with van der Waals surface area (Å²) in [7, 11) is 0. The molecule has 0 radical (unpaired) electrons. The van der Waals surface area contributed by atoms with Crippen molar-refractivity contribution in [2.75, 3.05) is 0 Å². The molecule has 10 heavy (non-hydrogen) atoms. The van der Waals surface area contributed by atoms with E-state index in [1.165, 1.54) is 0 Å². The first-order valence-corrected chi connectivity index (χ1v) is 4.28. The van der Waals surface area contributed by atoms with Crippen LogP contribution in [-0.4, -0.2) is 25.1 Å². The molecule has 60 valence electrons. The Morgan fingerprint density at radius 3 is 2.60 bits per heavy atom. The minimum Gasteiger partial charge on any atom is -0.385 e. The molecule has 0 spiro atoms. The fraction of sp³-hybridized carbons (Fsp3) is 0.800. The minimum atomic E-state index is -1.22. The maximum Gasteiger partial charge on any atom is 0.148 e. The van der Waals surface area contributed by atoms with E-state index in [0.717, 1.165) is 5.37 Å². The van der Waals surface area contributed by atoms with E-state index in [4.69, 9.17) is 28.3 Å².